The molecule has 0 N–H and O–H groups in total. The van der Waals surface area contributed by atoms with E-state index in [9.17, 15) is 9.59 Å². The van der Waals surface area contributed by atoms with Crippen LogP contribution in [0.1, 0.15) is 29.6 Å². The lowest BCUT2D eigenvalue weighted by Crippen LogP contribution is -2.35. The number of ether oxygens (including phenoxy) is 1. The largest absolute Gasteiger partial charge is 0.376 e. The maximum absolute atomic E-state index is 12.4. The van der Waals surface area contributed by atoms with Gasteiger partial charge >= 0.3 is 0 Å². The van der Waals surface area contributed by atoms with Gasteiger partial charge in [0.15, 0.2) is 0 Å². The third kappa shape index (κ3) is 2.77. The third-order valence-corrected chi connectivity index (χ3v) is 4.05. The summed E-state index contributed by atoms with van der Waals surface area (Å²) in [4.78, 5) is 26.1. The standard InChI is InChI=1S/C15H20N2O3/c1-16-7-2-3-13(14(16)18)15(19)17-8-6-12(9-17)20-10-11-4-5-11/h2-3,7,11-12H,4-6,8-10H2,1H3. The fourth-order valence-corrected chi connectivity index (χ4v) is 2.54. The molecule has 2 heterocycles. The van der Waals surface area contributed by atoms with Crippen molar-refractivity contribution in [2.75, 3.05) is 19.7 Å². The molecule has 0 spiro atoms. The van der Waals surface area contributed by atoms with Gasteiger partial charge in [-0.25, -0.2) is 0 Å². The van der Waals surface area contributed by atoms with Crippen LogP contribution in [0.3, 0.4) is 0 Å². The second kappa shape index (κ2) is 5.40. The lowest BCUT2D eigenvalue weighted by molar-refractivity contribution is 0.0480. The molecule has 1 amide bonds. The molecule has 1 unspecified atom stereocenters. The molecular weight excluding hydrogens is 256 g/mol. The number of amides is 1. The minimum atomic E-state index is -0.236. The summed E-state index contributed by atoms with van der Waals surface area (Å²) < 4.78 is 7.25. The molecule has 1 atom stereocenters. The molecule has 1 saturated heterocycles. The van der Waals surface area contributed by atoms with E-state index in [1.165, 1.54) is 17.4 Å². The Morgan fingerprint density at radius 3 is 2.95 bits per heavy atom. The van der Waals surface area contributed by atoms with E-state index in [4.69, 9.17) is 4.74 Å². The second-order valence-electron chi connectivity index (χ2n) is 5.78. The number of rotatable bonds is 4. The van der Waals surface area contributed by atoms with Crippen molar-refractivity contribution in [2.24, 2.45) is 13.0 Å². The van der Waals surface area contributed by atoms with Gasteiger partial charge in [-0.05, 0) is 37.3 Å². The van der Waals surface area contributed by atoms with Gasteiger partial charge in [0.05, 0.1) is 6.10 Å². The molecule has 5 nitrogen and oxygen atoms in total. The summed E-state index contributed by atoms with van der Waals surface area (Å²) in [7, 11) is 1.66. The van der Waals surface area contributed by atoms with Gasteiger partial charge in [0.2, 0.25) is 0 Å². The maximum Gasteiger partial charge on any atom is 0.263 e. The second-order valence-corrected chi connectivity index (χ2v) is 5.78. The van der Waals surface area contributed by atoms with Crippen molar-refractivity contribution >= 4 is 5.91 Å². The van der Waals surface area contributed by atoms with Crippen LogP contribution in [0, 0.1) is 5.92 Å². The van der Waals surface area contributed by atoms with Gasteiger partial charge in [0.25, 0.3) is 11.5 Å². The number of pyridine rings is 1. The van der Waals surface area contributed by atoms with E-state index in [1.54, 1.807) is 30.3 Å². The molecule has 5 heteroatoms. The number of carbonyl (C=O) groups excluding carboxylic acids is 1. The zero-order valence-corrected chi connectivity index (χ0v) is 11.7. The van der Waals surface area contributed by atoms with Crippen LogP contribution in [0.4, 0.5) is 0 Å². The molecule has 2 fully saturated rings. The van der Waals surface area contributed by atoms with Gasteiger partial charge in [0.1, 0.15) is 5.56 Å². The van der Waals surface area contributed by atoms with Gasteiger partial charge in [0, 0.05) is 32.9 Å². The van der Waals surface area contributed by atoms with Crippen LogP contribution in [-0.2, 0) is 11.8 Å². The number of aryl methyl sites for hydroxylation is 1. The molecule has 20 heavy (non-hydrogen) atoms. The van der Waals surface area contributed by atoms with Crippen LogP contribution < -0.4 is 5.56 Å². The Labute approximate surface area is 118 Å². The molecule has 3 rings (SSSR count). The highest BCUT2D eigenvalue weighted by Crippen LogP contribution is 2.30. The zero-order valence-electron chi connectivity index (χ0n) is 11.7. The molecule has 1 aliphatic heterocycles. The van der Waals surface area contributed by atoms with E-state index in [1.807, 2.05) is 0 Å². The van der Waals surface area contributed by atoms with Crippen LogP contribution in [0.25, 0.3) is 0 Å². The fraction of sp³-hybridized carbons (Fsp3) is 0.600. The average molecular weight is 276 g/mol. The molecule has 0 bridgehead atoms. The number of carbonyl (C=O) groups is 1. The molecule has 0 radical (unpaired) electrons. The first-order valence-electron chi connectivity index (χ1n) is 7.21. The smallest absolute Gasteiger partial charge is 0.263 e. The van der Waals surface area contributed by atoms with E-state index in [0.29, 0.717) is 13.1 Å². The van der Waals surface area contributed by atoms with Gasteiger partial charge in [-0.15, -0.1) is 0 Å². The highest BCUT2D eigenvalue weighted by Gasteiger charge is 2.30. The quantitative estimate of drug-likeness (QED) is 0.825. The van der Waals surface area contributed by atoms with Crippen molar-refractivity contribution in [1.29, 1.82) is 0 Å². The fourth-order valence-electron chi connectivity index (χ4n) is 2.54. The number of nitrogens with zero attached hydrogens (tertiary/aromatic N) is 2. The first-order valence-corrected chi connectivity index (χ1v) is 7.21. The highest BCUT2D eigenvalue weighted by molar-refractivity contribution is 5.94. The summed E-state index contributed by atoms with van der Waals surface area (Å²) in [5.74, 6) is 0.560. The highest BCUT2D eigenvalue weighted by atomic mass is 16.5. The summed E-state index contributed by atoms with van der Waals surface area (Å²) in [6, 6.07) is 3.33. The number of aromatic nitrogens is 1. The Hall–Kier alpha value is -1.62. The van der Waals surface area contributed by atoms with E-state index in [2.05, 4.69) is 0 Å². The number of hydrogen-bond donors (Lipinski definition) is 0. The Bertz CT molecular complexity index is 562. The summed E-state index contributed by atoms with van der Waals surface area (Å²) in [5, 5.41) is 0. The Balaban J connectivity index is 1.63. The molecule has 1 aromatic heterocycles. The topological polar surface area (TPSA) is 51.5 Å². The van der Waals surface area contributed by atoms with Crippen molar-refractivity contribution in [1.82, 2.24) is 9.47 Å². The van der Waals surface area contributed by atoms with E-state index < -0.39 is 0 Å². The van der Waals surface area contributed by atoms with Crippen LogP contribution in [-0.4, -0.2) is 41.2 Å². The first-order chi connectivity index (χ1) is 9.65. The molecule has 2 aliphatic rings. The first kappa shape index (κ1) is 13.4. The van der Waals surface area contributed by atoms with E-state index in [-0.39, 0.29) is 23.1 Å². The predicted octanol–water partition coefficient (Wildman–Crippen LogP) is 1.03. The molecule has 0 aromatic carbocycles. The van der Waals surface area contributed by atoms with Crippen molar-refractivity contribution in [3.8, 4) is 0 Å². The van der Waals surface area contributed by atoms with E-state index in [0.717, 1.165) is 18.9 Å². The van der Waals surface area contributed by atoms with Crippen LogP contribution in [0.5, 0.6) is 0 Å². The minimum absolute atomic E-state index is 0.132. The average Bonchev–Trinajstić information content (AvgIpc) is 3.16. The Morgan fingerprint density at radius 2 is 2.20 bits per heavy atom. The Kier molecular flexibility index (Phi) is 3.61. The molecular formula is C15H20N2O3. The van der Waals surface area contributed by atoms with Crippen LogP contribution in [0.2, 0.25) is 0 Å². The summed E-state index contributed by atoms with van der Waals surface area (Å²) in [5.41, 5.74) is 0.0118. The third-order valence-electron chi connectivity index (χ3n) is 4.05. The molecule has 1 saturated carbocycles. The Morgan fingerprint density at radius 1 is 1.40 bits per heavy atom. The molecule has 1 aliphatic carbocycles. The van der Waals surface area contributed by atoms with Crippen molar-refractivity contribution in [3.63, 3.8) is 0 Å². The monoisotopic (exact) mass is 276 g/mol. The molecule has 108 valence electrons. The van der Waals surface area contributed by atoms with Crippen LogP contribution >= 0.6 is 0 Å². The zero-order chi connectivity index (χ0) is 14.1. The summed E-state index contributed by atoms with van der Waals surface area (Å²) in [6.45, 7) is 2.09. The summed E-state index contributed by atoms with van der Waals surface area (Å²) >= 11 is 0. The van der Waals surface area contributed by atoms with Gasteiger partial charge in [-0.3, -0.25) is 9.59 Å². The van der Waals surface area contributed by atoms with Gasteiger partial charge < -0.3 is 14.2 Å². The van der Waals surface area contributed by atoms with Crippen molar-refractivity contribution in [2.45, 2.75) is 25.4 Å². The van der Waals surface area contributed by atoms with Gasteiger partial charge in [-0.1, -0.05) is 0 Å². The van der Waals surface area contributed by atoms with Crippen molar-refractivity contribution in [3.05, 3.63) is 34.2 Å². The van der Waals surface area contributed by atoms with Crippen molar-refractivity contribution < 1.29 is 9.53 Å². The maximum atomic E-state index is 12.4. The normalized spacial score (nSPS) is 22.2. The van der Waals surface area contributed by atoms with Gasteiger partial charge in [-0.2, -0.15) is 0 Å². The number of hydrogen-bond acceptors (Lipinski definition) is 3. The lowest BCUT2D eigenvalue weighted by atomic mass is 10.2. The van der Waals surface area contributed by atoms with Crippen LogP contribution in [0.15, 0.2) is 23.1 Å². The summed E-state index contributed by atoms with van der Waals surface area (Å²) in [6.07, 6.45) is 5.20. The lowest BCUT2D eigenvalue weighted by Gasteiger charge is -2.16. The number of likely N-dealkylation sites (tertiary alicyclic amines) is 1. The minimum Gasteiger partial charge on any atom is -0.376 e. The predicted molar refractivity (Wildman–Crippen MR) is 74.7 cm³/mol. The van der Waals surface area contributed by atoms with E-state index >= 15 is 0 Å². The SMILES string of the molecule is Cn1cccc(C(=O)N2CCC(OCC3CC3)C2)c1=O. The molecule has 1 aromatic rings.